The predicted octanol–water partition coefficient (Wildman–Crippen LogP) is 5.65. The number of aryl methyl sites for hydroxylation is 1. The first-order valence-corrected chi connectivity index (χ1v) is 15.2. The van der Waals surface area contributed by atoms with E-state index in [0.717, 1.165) is 65.3 Å². The highest BCUT2D eigenvalue weighted by Gasteiger charge is 2.32. The van der Waals surface area contributed by atoms with Crippen molar-refractivity contribution in [3.63, 3.8) is 0 Å². The lowest BCUT2D eigenvalue weighted by molar-refractivity contribution is -0.929. The SMILES string of the molecule is Cc1ccc(NC(=O)c2ccc(CN3CC[N+](C)(COC(=O)C(C)(C)C)CC3)cc2)cc1Nc1nccc(-c2cccnc2)n1. The van der Waals surface area contributed by atoms with E-state index in [2.05, 4.69) is 37.5 Å². The van der Waals surface area contributed by atoms with Gasteiger partial charge in [0.1, 0.15) is 0 Å². The van der Waals surface area contributed by atoms with Crippen molar-refractivity contribution in [3.05, 3.63) is 95.9 Å². The number of carbonyl (C=O) groups excluding carboxylic acids is 2. The highest BCUT2D eigenvalue weighted by atomic mass is 16.5. The molecular weight excluding hydrogens is 566 g/mol. The molecule has 5 rings (SSSR count). The van der Waals surface area contributed by atoms with Gasteiger partial charge in [0, 0.05) is 60.7 Å². The highest BCUT2D eigenvalue weighted by molar-refractivity contribution is 6.04. The molecule has 0 atom stereocenters. The number of hydrogen-bond acceptors (Lipinski definition) is 8. The van der Waals surface area contributed by atoms with Crippen LogP contribution in [0.1, 0.15) is 42.3 Å². The number of nitrogens with one attached hydrogen (secondary N) is 2. The largest absolute Gasteiger partial charge is 0.415 e. The Balaban J connectivity index is 1.14. The van der Waals surface area contributed by atoms with Crippen LogP contribution < -0.4 is 10.6 Å². The number of benzene rings is 2. The Morgan fingerprint density at radius 1 is 1.00 bits per heavy atom. The van der Waals surface area contributed by atoms with Crippen LogP contribution in [0.15, 0.2) is 79.3 Å². The van der Waals surface area contributed by atoms with Crippen molar-refractivity contribution in [2.24, 2.45) is 5.41 Å². The maximum atomic E-state index is 13.1. The number of carbonyl (C=O) groups is 2. The van der Waals surface area contributed by atoms with Gasteiger partial charge in [0.05, 0.1) is 31.2 Å². The molecule has 45 heavy (non-hydrogen) atoms. The maximum absolute atomic E-state index is 13.1. The summed E-state index contributed by atoms with van der Waals surface area (Å²) in [7, 11) is 2.14. The minimum atomic E-state index is -0.492. The van der Waals surface area contributed by atoms with Crippen LogP contribution in [-0.4, -0.2) is 76.2 Å². The third-order valence-corrected chi connectivity index (χ3v) is 8.01. The first-order valence-electron chi connectivity index (χ1n) is 15.2. The summed E-state index contributed by atoms with van der Waals surface area (Å²) in [6.07, 6.45) is 5.19. The number of piperazine rings is 1. The van der Waals surface area contributed by atoms with Crippen LogP contribution in [0.4, 0.5) is 17.3 Å². The van der Waals surface area contributed by atoms with E-state index < -0.39 is 5.41 Å². The van der Waals surface area contributed by atoms with E-state index in [0.29, 0.717) is 23.9 Å². The van der Waals surface area contributed by atoms with Crippen LogP contribution in [0.5, 0.6) is 0 Å². The summed E-state index contributed by atoms with van der Waals surface area (Å²) in [5.74, 6) is 0.118. The van der Waals surface area contributed by atoms with Crippen LogP contribution in [0.2, 0.25) is 0 Å². The first kappa shape index (κ1) is 31.7. The van der Waals surface area contributed by atoms with Crippen LogP contribution in [0, 0.1) is 12.3 Å². The lowest BCUT2D eigenvalue weighted by atomic mass is 9.97. The second kappa shape index (κ2) is 13.5. The van der Waals surface area contributed by atoms with Crippen molar-refractivity contribution < 1.29 is 18.8 Å². The lowest BCUT2D eigenvalue weighted by Gasteiger charge is -2.41. The van der Waals surface area contributed by atoms with Crippen molar-refractivity contribution in [2.75, 3.05) is 50.6 Å². The summed E-state index contributed by atoms with van der Waals surface area (Å²) in [6, 6.07) is 19.1. The monoisotopic (exact) mass is 608 g/mol. The number of anilines is 3. The van der Waals surface area contributed by atoms with Gasteiger partial charge >= 0.3 is 5.97 Å². The molecule has 2 aromatic carbocycles. The molecule has 1 aliphatic heterocycles. The Hall–Kier alpha value is -4.67. The third kappa shape index (κ3) is 8.49. The quantitative estimate of drug-likeness (QED) is 0.185. The molecule has 2 aromatic heterocycles. The Morgan fingerprint density at radius 3 is 2.44 bits per heavy atom. The smallest absolute Gasteiger partial charge is 0.315 e. The fraction of sp³-hybridized carbons (Fsp3) is 0.343. The molecule has 10 heteroatoms. The van der Waals surface area contributed by atoms with E-state index in [1.165, 1.54) is 0 Å². The predicted molar refractivity (Wildman–Crippen MR) is 176 cm³/mol. The fourth-order valence-electron chi connectivity index (χ4n) is 4.98. The molecule has 1 amide bonds. The minimum Gasteiger partial charge on any atom is -0.415 e. The third-order valence-electron chi connectivity index (χ3n) is 8.01. The van der Waals surface area contributed by atoms with Gasteiger partial charge in [-0.05, 0) is 81.3 Å². The minimum absolute atomic E-state index is 0.162. The highest BCUT2D eigenvalue weighted by Crippen LogP contribution is 2.25. The zero-order valence-electron chi connectivity index (χ0n) is 26.7. The molecule has 1 aliphatic rings. The number of hydrogen-bond donors (Lipinski definition) is 2. The zero-order chi connectivity index (χ0) is 32.0. The molecular formula is C35H42N7O3+. The van der Waals surface area contributed by atoms with Gasteiger partial charge < -0.3 is 15.4 Å². The van der Waals surface area contributed by atoms with Gasteiger partial charge in [-0.2, -0.15) is 0 Å². The topological polar surface area (TPSA) is 109 Å². The van der Waals surface area contributed by atoms with Gasteiger partial charge in [-0.1, -0.05) is 18.2 Å². The average Bonchev–Trinajstić information content (AvgIpc) is 3.03. The van der Waals surface area contributed by atoms with E-state index in [-0.39, 0.29) is 11.9 Å². The molecule has 3 heterocycles. The number of quaternary nitrogens is 1. The Bertz CT molecular complexity index is 1630. The Labute approximate surface area is 265 Å². The first-order chi connectivity index (χ1) is 21.5. The fourth-order valence-corrected chi connectivity index (χ4v) is 4.98. The van der Waals surface area contributed by atoms with Crippen molar-refractivity contribution in [2.45, 2.75) is 34.2 Å². The molecule has 2 N–H and O–H groups in total. The van der Waals surface area contributed by atoms with Crippen molar-refractivity contribution in [1.29, 1.82) is 0 Å². The van der Waals surface area contributed by atoms with Crippen molar-refractivity contribution in [3.8, 4) is 11.3 Å². The van der Waals surface area contributed by atoms with Crippen molar-refractivity contribution >= 4 is 29.2 Å². The molecule has 234 valence electrons. The van der Waals surface area contributed by atoms with Crippen LogP contribution in [0.3, 0.4) is 0 Å². The molecule has 0 saturated carbocycles. The average molecular weight is 609 g/mol. The summed E-state index contributed by atoms with van der Waals surface area (Å²) in [4.78, 5) is 40.9. The van der Waals surface area contributed by atoms with E-state index >= 15 is 0 Å². The van der Waals surface area contributed by atoms with Gasteiger partial charge in [0.15, 0.2) is 0 Å². The lowest BCUT2D eigenvalue weighted by Crippen LogP contribution is -2.58. The number of esters is 1. The van der Waals surface area contributed by atoms with E-state index in [4.69, 9.17) is 4.74 Å². The number of aromatic nitrogens is 3. The van der Waals surface area contributed by atoms with E-state index in [1.807, 2.05) is 88.4 Å². The zero-order valence-corrected chi connectivity index (χ0v) is 26.7. The number of amides is 1. The van der Waals surface area contributed by atoms with Crippen LogP contribution in [-0.2, 0) is 16.1 Å². The molecule has 0 bridgehead atoms. The molecule has 0 radical (unpaired) electrons. The second-order valence-corrected chi connectivity index (χ2v) is 13.0. The molecule has 0 aliphatic carbocycles. The number of ether oxygens (including phenoxy) is 1. The number of nitrogens with zero attached hydrogens (tertiary/aromatic N) is 5. The number of pyridine rings is 1. The van der Waals surface area contributed by atoms with Crippen LogP contribution in [0.25, 0.3) is 11.3 Å². The molecule has 1 fully saturated rings. The van der Waals surface area contributed by atoms with E-state index in [9.17, 15) is 9.59 Å². The molecule has 10 nitrogen and oxygen atoms in total. The van der Waals surface area contributed by atoms with Gasteiger partial charge in [-0.25, -0.2) is 9.97 Å². The van der Waals surface area contributed by atoms with Gasteiger partial charge in [0.25, 0.3) is 5.91 Å². The van der Waals surface area contributed by atoms with Gasteiger partial charge in [-0.15, -0.1) is 0 Å². The number of likely N-dealkylation sites (N-methyl/N-ethyl adjacent to an activating group) is 1. The summed E-state index contributed by atoms with van der Waals surface area (Å²) in [6.45, 7) is 12.5. The molecule has 4 aromatic rings. The molecule has 0 spiro atoms. The summed E-state index contributed by atoms with van der Waals surface area (Å²) < 4.78 is 6.33. The van der Waals surface area contributed by atoms with Gasteiger partial charge in [0.2, 0.25) is 12.7 Å². The Kier molecular flexibility index (Phi) is 9.55. The summed E-state index contributed by atoms with van der Waals surface area (Å²) in [5.41, 5.74) is 5.38. The molecule has 0 unspecified atom stereocenters. The maximum Gasteiger partial charge on any atom is 0.315 e. The normalized spacial score (nSPS) is 14.9. The van der Waals surface area contributed by atoms with E-state index in [1.54, 1.807) is 18.6 Å². The number of rotatable bonds is 9. The standard InChI is InChI=1S/C35H41N7O3/c1-25-8-13-29(21-31(25)40-34-37-16-14-30(39-34)28-7-6-15-36-22-28)38-32(43)27-11-9-26(10-12-27)23-41-17-19-42(5,20-18-41)24-45-33(44)35(2,3)4/h6-16,21-22H,17-20,23-24H2,1-5H3,(H-,37,38,39,40,43)/p+1. The Morgan fingerprint density at radius 2 is 1.76 bits per heavy atom. The molecule has 1 saturated heterocycles. The summed E-state index contributed by atoms with van der Waals surface area (Å²) >= 11 is 0. The second-order valence-electron chi connectivity index (χ2n) is 13.0. The van der Waals surface area contributed by atoms with Crippen LogP contribution >= 0.6 is 0 Å². The van der Waals surface area contributed by atoms with Crippen molar-refractivity contribution in [1.82, 2.24) is 19.9 Å². The summed E-state index contributed by atoms with van der Waals surface area (Å²) in [5, 5.41) is 6.29. The van der Waals surface area contributed by atoms with Gasteiger partial charge in [-0.3, -0.25) is 24.0 Å².